The van der Waals surface area contributed by atoms with E-state index in [1.165, 1.54) is 29.8 Å². The van der Waals surface area contributed by atoms with Crippen LogP contribution >= 0.6 is 0 Å². The molecule has 2 aromatic heterocycles. The van der Waals surface area contributed by atoms with Gasteiger partial charge in [-0.15, -0.1) is 0 Å². The smallest absolute Gasteiger partial charge is 0.267 e. The van der Waals surface area contributed by atoms with E-state index in [-0.39, 0.29) is 11.4 Å². The summed E-state index contributed by atoms with van der Waals surface area (Å²) in [6.45, 7) is 0.422. The normalized spacial score (nSPS) is 13.7. The van der Waals surface area contributed by atoms with Crippen LogP contribution < -0.4 is 4.72 Å². The molecule has 0 amide bonds. The Morgan fingerprint density at radius 1 is 1.10 bits per heavy atom. The number of hydrogen-bond donors (Lipinski definition) is 1. The van der Waals surface area contributed by atoms with Gasteiger partial charge in [-0.1, -0.05) is 12.1 Å². The third-order valence-corrected chi connectivity index (χ3v) is 6.69. The van der Waals surface area contributed by atoms with Gasteiger partial charge in [-0.05, 0) is 43.9 Å². The van der Waals surface area contributed by atoms with Crippen LogP contribution in [0.1, 0.15) is 24.1 Å². The molecule has 2 heterocycles. The molecule has 1 aliphatic rings. The Morgan fingerprint density at radius 3 is 2.60 bits per heavy atom. The lowest BCUT2D eigenvalue weighted by atomic mass is 9.94. The molecule has 156 valence electrons. The van der Waals surface area contributed by atoms with E-state index in [4.69, 9.17) is 5.10 Å². The van der Waals surface area contributed by atoms with Gasteiger partial charge in [0.05, 0.1) is 17.2 Å². The summed E-state index contributed by atoms with van der Waals surface area (Å²) in [7, 11) is -4.01. The maximum atomic E-state index is 12.6. The van der Waals surface area contributed by atoms with Gasteiger partial charge in [0.1, 0.15) is 0 Å². The monoisotopic (exact) mass is 427 g/mol. The molecule has 0 saturated heterocycles. The Bertz CT molecular complexity index is 1180. The van der Waals surface area contributed by atoms with Crippen molar-refractivity contribution in [1.29, 1.82) is 0 Å². The summed E-state index contributed by atoms with van der Waals surface area (Å²) in [4.78, 5) is 14.2. The molecule has 30 heavy (non-hydrogen) atoms. The van der Waals surface area contributed by atoms with Crippen LogP contribution in [0.2, 0.25) is 0 Å². The molecule has 0 fully saturated rings. The highest BCUT2D eigenvalue weighted by Gasteiger charge is 2.25. The summed E-state index contributed by atoms with van der Waals surface area (Å²) in [5, 5.41) is 15.9. The number of fused-ring (bicyclic) bond motifs is 1. The second-order valence-electron chi connectivity index (χ2n) is 7.06. The zero-order chi connectivity index (χ0) is 21.1. The molecule has 0 saturated carbocycles. The molecule has 0 atom stereocenters. The number of aromatic nitrogens is 3. The number of nitrogens with zero attached hydrogens (tertiary/aromatic N) is 4. The predicted molar refractivity (Wildman–Crippen MR) is 110 cm³/mol. The van der Waals surface area contributed by atoms with E-state index >= 15 is 0 Å². The topological polar surface area (TPSA) is 120 Å². The lowest BCUT2D eigenvalue weighted by Crippen LogP contribution is -2.28. The summed E-state index contributed by atoms with van der Waals surface area (Å²) in [5.41, 5.74) is 3.78. The zero-order valence-electron chi connectivity index (χ0n) is 16.2. The molecule has 0 spiro atoms. The van der Waals surface area contributed by atoms with Crippen LogP contribution in [0.25, 0.3) is 11.3 Å². The highest BCUT2D eigenvalue weighted by Crippen LogP contribution is 2.31. The highest BCUT2D eigenvalue weighted by atomic mass is 32.2. The van der Waals surface area contributed by atoms with E-state index < -0.39 is 20.6 Å². The van der Waals surface area contributed by atoms with Gasteiger partial charge in [0.25, 0.3) is 5.69 Å². The predicted octanol–water partition coefficient (Wildman–Crippen LogP) is 2.71. The van der Waals surface area contributed by atoms with Crippen molar-refractivity contribution < 1.29 is 13.3 Å². The number of rotatable bonds is 7. The minimum atomic E-state index is -4.01. The molecular weight excluding hydrogens is 406 g/mol. The Labute approximate surface area is 174 Å². The SMILES string of the molecule is O=[N+]([O-])c1ccccc1S(=O)(=O)NCCn1nc(-c2ccncc2)c2c1CCCC2. The largest absolute Gasteiger partial charge is 0.289 e. The molecule has 1 N–H and O–H groups in total. The Hall–Kier alpha value is -3.11. The lowest BCUT2D eigenvalue weighted by molar-refractivity contribution is -0.387. The first-order valence-electron chi connectivity index (χ1n) is 9.69. The third kappa shape index (κ3) is 3.96. The van der Waals surface area contributed by atoms with Crippen molar-refractivity contribution in [3.05, 3.63) is 70.2 Å². The molecular formula is C20H21N5O4S. The van der Waals surface area contributed by atoms with E-state index in [1.807, 2.05) is 16.8 Å². The van der Waals surface area contributed by atoms with Gasteiger partial charge in [0, 0.05) is 41.8 Å². The van der Waals surface area contributed by atoms with Crippen LogP contribution in [0.4, 0.5) is 5.69 Å². The van der Waals surface area contributed by atoms with Crippen molar-refractivity contribution >= 4 is 15.7 Å². The maximum Gasteiger partial charge on any atom is 0.289 e. The van der Waals surface area contributed by atoms with Gasteiger partial charge in [-0.3, -0.25) is 19.8 Å². The van der Waals surface area contributed by atoms with Crippen molar-refractivity contribution in [2.24, 2.45) is 0 Å². The number of hydrogen-bond acceptors (Lipinski definition) is 6. The first-order chi connectivity index (χ1) is 14.5. The Kier molecular flexibility index (Phi) is 5.60. The fourth-order valence-electron chi connectivity index (χ4n) is 3.80. The minimum absolute atomic E-state index is 0.0816. The summed E-state index contributed by atoms with van der Waals surface area (Å²) in [6, 6.07) is 9.15. The van der Waals surface area contributed by atoms with Gasteiger partial charge < -0.3 is 0 Å². The van der Waals surface area contributed by atoms with E-state index in [2.05, 4.69) is 9.71 Å². The number of benzene rings is 1. The third-order valence-electron chi connectivity index (χ3n) is 5.18. The molecule has 3 aromatic rings. The summed E-state index contributed by atoms with van der Waals surface area (Å²) in [6.07, 6.45) is 7.45. The molecule has 10 heteroatoms. The summed E-state index contributed by atoms with van der Waals surface area (Å²) in [5.74, 6) is 0. The zero-order valence-corrected chi connectivity index (χ0v) is 17.0. The average molecular weight is 427 g/mol. The van der Waals surface area contributed by atoms with Gasteiger partial charge in [-0.25, -0.2) is 13.1 Å². The molecule has 9 nitrogen and oxygen atoms in total. The summed E-state index contributed by atoms with van der Waals surface area (Å²) < 4.78 is 29.5. The number of nitro groups is 1. The molecule has 0 aliphatic heterocycles. The van der Waals surface area contributed by atoms with Crippen LogP contribution in [-0.4, -0.2) is 34.7 Å². The van der Waals surface area contributed by atoms with E-state index in [9.17, 15) is 18.5 Å². The van der Waals surface area contributed by atoms with Crippen LogP contribution in [0, 0.1) is 10.1 Å². The van der Waals surface area contributed by atoms with Gasteiger partial charge in [-0.2, -0.15) is 5.10 Å². The fraction of sp³-hybridized carbons (Fsp3) is 0.300. The second kappa shape index (κ2) is 8.33. The lowest BCUT2D eigenvalue weighted by Gasteiger charge is -2.14. The van der Waals surface area contributed by atoms with Gasteiger partial charge in [0.15, 0.2) is 4.90 Å². The molecule has 1 aliphatic carbocycles. The number of para-hydroxylation sites is 1. The second-order valence-corrected chi connectivity index (χ2v) is 8.80. The number of nitro benzene ring substituents is 1. The Morgan fingerprint density at radius 2 is 1.83 bits per heavy atom. The number of sulfonamides is 1. The van der Waals surface area contributed by atoms with Crippen LogP contribution in [0.15, 0.2) is 53.7 Å². The molecule has 0 radical (unpaired) electrons. The molecule has 0 unspecified atom stereocenters. The van der Waals surface area contributed by atoms with Crippen LogP contribution in [-0.2, 0) is 29.4 Å². The maximum absolute atomic E-state index is 12.6. The van der Waals surface area contributed by atoms with E-state index in [0.29, 0.717) is 6.54 Å². The summed E-state index contributed by atoms with van der Waals surface area (Å²) >= 11 is 0. The standard InChI is InChI=1S/C20H21N5O4S/c26-25(27)18-7-3-4-8-19(18)30(28,29)22-13-14-24-17-6-2-1-5-16(17)20(23-24)15-9-11-21-12-10-15/h3-4,7-12,22H,1-2,5-6,13-14H2. The van der Waals surface area contributed by atoms with Crippen molar-refractivity contribution in [1.82, 2.24) is 19.5 Å². The highest BCUT2D eigenvalue weighted by molar-refractivity contribution is 7.89. The van der Waals surface area contributed by atoms with Crippen molar-refractivity contribution in [3.63, 3.8) is 0 Å². The number of pyridine rings is 1. The minimum Gasteiger partial charge on any atom is -0.267 e. The van der Waals surface area contributed by atoms with Crippen molar-refractivity contribution in [2.75, 3.05) is 6.54 Å². The molecule has 0 bridgehead atoms. The molecule has 4 rings (SSSR count). The first kappa shape index (κ1) is 20.2. The Balaban J connectivity index is 1.55. The van der Waals surface area contributed by atoms with Gasteiger partial charge >= 0.3 is 0 Å². The van der Waals surface area contributed by atoms with Crippen molar-refractivity contribution in [3.8, 4) is 11.3 Å². The quantitative estimate of drug-likeness (QED) is 0.457. The van der Waals surface area contributed by atoms with Gasteiger partial charge in [0.2, 0.25) is 10.0 Å². The molecule has 1 aromatic carbocycles. The van der Waals surface area contributed by atoms with Crippen LogP contribution in [0.5, 0.6) is 0 Å². The average Bonchev–Trinajstić information content (AvgIpc) is 3.13. The van der Waals surface area contributed by atoms with Crippen LogP contribution in [0.3, 0.4) is 0 Å². The van der Waals surface area contributed by atoms with E-state index in [0.717, 1.165) is 42.6 Å². The fourth-order valence-corrected chi connectivity index (χ4v) is 4.99. The number of nitrogens with one attached hydrogen (secondary N) is 1. The van der Waals surface area contributed by atoms with E-state index in [1.54, 1.807) is 12.4 Å². The van der Waals surface area contributed by atoms with Crippen molar-refractivity contribution in [2.45, 2.75) is 37.1 Å². The first-order valence-corrected chi connectivity index (χ1v) is 11.2.